The minimum Gasteiger partial charge on any atom is -0.491 e. The van der Waals surface area contributed by atoms with Gasteiger partial charge in [-0.05, 0) is 31.0 Å². The molecule has 126 valence electrons. The number of benzene rings is 1. The van der Waals surface area contributed by atoms with Gasteiger partial charge in [-0.15, -0.1) is 0 Å². The van der Waals surface area contributed by atoms with Gasteiger partial charge in [-0.3, -0.25) is 9.69 Å². The molecule has 2 aliphatic rings. The van der Waals surface area contributed by atoms with Crippen molar-refractivity contribution < 1.29 is 19.4 Å². The number of fused-ring (bicyclic) bond motifs is 1. The fourth-order valence-electron chi connectivity index (χ4n) is 3.58. The molecule has 0 bridgehead atoms. The Morgan fingerprint density at radius 2 is 2.39 bits per heavy atom. The molecule has 0 radical (unpaired) electrons. The van der Waals surface area contributed by atoms with Gasteiger partial charge >= 0.3 is 5.97 Å². The molecule has 2 saturated heterocycles. The van der Waals surface area contributed by atoms with Gasteiger partial charge in [0.25, 0.3) is 0 Å². The van der Waals surface area contributed by atoms with Crippen LogP contribution in [0.3, 0.4) is 0 Å². The van der Waals surface area contributed by atoms with Crippen molar-refractivity contribution in [3.63, 3.8) is 0 Å². The second kappa shape index (κ2) is 6.67. The van der Waals surface area contributed by atoms with Crippen molar-refractivity contribution in [2.45, 2.75) is 13.3 Å². The summed E-state index contributed by atoms with van der Waals surface area (Å²) in [7, 11) is 0. The molecule has 23 heavy (non-hydrogen) atoms. The van der Waals surface area contributed by atoms with Gasteiger partial charge < -0.3 is 14.6 Å². The van der Waals surface area contributed by atoms with Crippen LogP contribution in [0.4, 0.5) is 0 Å². The molecule has 2 heterocycles. The van der Waals surface area contributed by atoms with Gasteiger partial charge in [0, 0.05) is 32.2 Å². The number of hydrogen-bond donors (Lipinski definition) is 1. The number of hydrogen-bond acceptors (Lipinski definition) is 4. The average molecular weight is 340 g/mol. The summed E-state index contributed by atoms with van der Waals surface area (Å²) in [5.74, 6) is 0.0480. The number of rotatable bonds is 5. The van der Waals surface area contributed by atoms with E-state index in [0.29, 0.717) is 50.1 Å². The van der Waals surface area contributed by atoms with E-state index >= 15 is 0 Å². The molecule has 0 amide bonds. The van der Waals surface area contributed by atoms with Crippen LogP contribution in [0, 0.1) is 18.3 Å². The number of ether oxygens (including phenoxy) is 2. The number of carboxylic acids is 1. The molecule has 1 N–H and O–H groups in total. The minimum absolute atomic E-state index is 0.0660. The van der Waals surface area contributed by atoms with E-state index in [0.717, 1.165) is 12.1 Å². The van der Waals surface area contributed by atoms with Gasteiger partial charge in [0.05, 0.1) is 17.0 Å². The van der Waals surface area contributed by atoms with Crippen molar-refractivity contribution in [3.8, 4) is 5.75 Å². The maximum Gasteiger partial charge on any atom is 0.311 e. The Kier molecular flexibility index (Phi) is 4.80. The molecular formula is C17H22ClNO4. The molecule has 0 spiro atoms. The van der Waals surface area contributed by atoms with E-state index < -0.39 is 11.4 Å². The molecule has 2 aliphatic heterocycles. The van der Waals surface area contributed by atoms with Crippen LogP contribution in [0.15, 0.2) is 18.2 Å². The van der Waals surface area contributed by atoms with Crippen LogP contribution in [0.2, 0.25) is 5.02 Å². The van der Waals surface area contributed by atoms with E-state index in [1.165, 1.54) is 0 Å². The summed E-state index contributed by atoms with van der Waals surface area (Å²) < 4.78 is 11.2. The van der Waals surface area contributed by atoms with Crippen molar-refractivity contribution in [2.75, 3.05) is 39.5 Å². The smallest absolute Gasteiger partial charge is 0.311 e. The van der Waals surface area contributed by atoms with Crippen LogP contribution in [-0.2, 0) is 9.53 Å². The van der Waals surface area contributed by atoms with Crippen LogP contribution >= 0.6 is 11.6 Å². The molecule has 0 saturated carbocycles. The fourth-order valence-corrected chi connectivity index (χ4v) is 3.75. The summed E-state index contributed by atoms with van der Waals surface area (Å²) in [5.41, 5.74) is 0.442. The second-order valence-electron chi connectivity index (χ2n) is 6.50. The summed E-state index contributed by atoms with van der Waals surface area (Å²) in [6.45, 7) is 5.56. The van der Waals surface area contributed by atoms with Gasteiger partial charge in [0.1, 0.15) is 12.4 Å². The van der Waals surface area contributed by atoms with E-state index in [4.69, 9.17) is 21.1 Å². The zero-order valence-electron chi connectivity index (χ0n) is 13.3. The Balaban J connectivity index is 1.57. The van der Waals surface area contributed by atoms with Crippen molar-refractivity contribution in [2.24, 2.45) is 11.3 Å². The summed E-state index contributed by atoms with van der Waals surface area (Å²) in [6.07, 6.45) is 0.591. The fraction of sp³-hybridized carbons (Fsp3) is 0.588. The number of halogens is 1. The third-order valence-electron chi connectivity index (χ3n) is 4.96. The number of nitrogens with zero attached hydrogens (tertiary/aromatic N) is 1. The highest BCUT2D eigenvalue weighted by Crippen LogP contribution is 2.42. The number of carboxylic acid groups (broad SMARTS) is 1. The number of aliphatic carboxylic acids is 1. The highest BCUT2D eigenvalue weighted by molar-refractivity contribution is 6.32. The van der Waals surface area contributed by atoms with Crippen LogP contribution in [0.5, 0.6) is 5.75 Å². The minimum atomic E-state index is -0.698. The molecule has 2 atom stereocenters. The first kappa shape index (κ1) is 16.6. The topological polar surface area (TPSA) is 59.0 Å². The predicted octanol–water partition coefficient (Wildman–Crippen LogP) is 2.45. The Morgan fingerprint density at radius 3 is 3.13 bits per heavy atom. The third-order valence-corrected chi connectivity index (χ3v) is 5.27. The Labute approximate surface area is 141 Å². The van der Waals surface area contributed by atoms with Crippen molar-refractivity contribution in [1.82, 2.24) is 4.90 Å². The standard InChI is InChI=1S/C17H22ClNO4/c1-12-2-3-14(18)15(8-12)23-7-5-19-9-13-10-22-6-4-17(13,11-19)16(20)21/h2-3,8,13H,4-7,9-11H2,1H3,(H,20,21)/t13-,17+/m1/s1. The molecule has 1 aromatic rings. The number of carbonyl (C=O) groups is 1. The lowest BCUT2D eigenvalue weighted by atomic mass is 9.74. The van der Waals surface area contributed by atoms with Crippen molar-refractivity contribution in [3.05, 3.63) is 28.8 Å². The van der Waals surface area contributed by atoms with Crippen LogP contribution in [0.25, 0.3) is 0 Å². The van der Waals surface area contributed by atoms with E-state index in [9.17, 15) is 9.90 Å². The summed E-state index contributed by atoms with van der Waals surface area (Å²) in [5, 5.41) is 10.3. The normalized spacial score (nSPS) is 27.7. The third kappa shape index (κ3) is 3.32. The second-order valence-corrected chi connectivity index (χ2v) is 6.91. The van der Waals surface area contributed by atoms with E-state index in [1.54, 1.807) is 0 Å². The molecule has 5 nitrogen and oxygen atoms in total. The van der Waals surface area contributed by atoms with E-state index in [-0.39, 0.29) is 5.92 Å². The van der Waals surface area contributed by atoms with Gasteiger partial charge in [0.2, 0.25) is 0 Å². The molecule has 0 aromatic heterocycles. The summed E-state index contributed by atoms with van der Waals surface area (Å²) >= 11 is 6.12. The zero-order chi connectivity index (χ0) is 16.4. The van der Waals surface area contributed by atoms with Crippen LogP contribution < -0.4 is 4.74 Å². The SMILES string of the molecule is Cc1ccc(Cl)c(OCCN2C[C@@H]3COCC[C@]3(C(=O)O)C2)c1. The van der Waals surface area contributed by atoms with Gasteiger partial charge in [-0.2, -0.15) is 0 Å². The molecule has 2 fully saturated rings. The quantitative estimate of drug-likeness (QED) is 0.893. The largest absolute Gasteiger partial charge is 0.491 e. The molecule has 1 aromatic carbocycles. The van der Waals surface area contributed by atoms with E-state index in [2.05, 4.69) is 4.90 Å². The monoisotopic (exact) mass is 339 g/mol. The lowest BCUT2D eigenvalue weighted by molar-refractivity contribution is -0.157. The molecule has 6 heteroatoms. The Morgan fingerprint density at radius 1 is 1.57 bits per heavy atom. The molecule has 0 unspecified atom stereocenters. The van der Waals surface area contributed by atoms with Crippen molar-refractivity contribution >= 4 is 17.6 Å². The van der Waals surface area contributed by atoms with Gasteiger partial charge in [-0.1, -0.05) is 17.7 Å². The molecule has 0 aliphatic carbocycles. The maximum atomic E-state index is 11.7. The first-order chi connectivity index (χ1) is 11.0. The highest BCUT2D eigenvalue weighted by Gasteiger charge is 2.53. The summed E-state index contributed by atoms with van der Waals surface area (Å²) in [6, 6.07) is 5.68. The van der Waals surface area contributed by atoms with E-state index in [1.807, 2.05) is 25.1 Å². The Hall–Kier alpha value is -1.30. The lowest BCUT2D eigenvalue weighted by Crippen LogP contribution is -2.44. The van der Waals surface area contributed by atoms with Gasteiger partial charge in [-0.25, -0.2) is 0 Å². The summed E-state index contributed by atoms with van der Waals surface area (Å²) in [4.78, 5) is 13.9. The average Bonchev–Trinajstić information content (AvgIpc) is 2.90. The van der Waals surface area contributed by atoms with Crippen LogP contribution in [0.1, 0.15) is 12.0 Å². The first-order valence-corrected chi connectivity index (χ1v) is 8.31. The number of likely N-dealkylation sites (tertiary alicyclic amines) is 1. The van der Waals surface area contributed by atoms with Gasteiger partial charge in [0.15, 0.2) is 0 Å². The number of aryl methyl sites for hydroxylation is 1. The lowest BCUT2D eigenvalue weighted by Gasteiger charge is -2.34. The maximum absolute atomic E-state index is 11.7. The zero-order valence-corrected chi connectivity index (χ0v) is 14.0. The predicted molar refractivity (Wildman–Crippen MR) is 87.1 cm³/mol. The molecule has 3 rings (SSSR count). The highest BCUT2D eigenvalue weighted by atomic mass is 35.5. The Bertz CT molecular complexity index is 594. The first-order valence-electron chi connectivity index (χ1n) is 7.94. The van der Waals surface area contributed by atoms with Crippen molar-refractivity contribution in [1.29, 1.82) is 0 Å². The molecular weight excluding hydrogens is 318 g/mol. The van der Waals surface area contributed by atoms with Crippen LogP contribution in [-0.4, -0.2) is 55.4 Å².